The van der Waals surface area contributed by atoms with Crippen LogP contribution in [0.2, 0.25) is 10.0 Å². The number of carbonyl (C=O) groups excluding carboxylic acids is 1. The molecule has 0 bridgehead atoms. The maximum Gasteiger partial charge on any atom is 0.314 e. The Morgan fingerprint density at radius 2 is 1.76 bits per heavy atom. The Bertz CT molecular complexity index is 779. The van der Waals surface area contributed by atoms with Crippen LogP contribution in [0.5, 0.6) is 0 Å². The molecule has 4 nitrogen and oxygen atoms in total. The van der Waals surface area contributed by atoms with Crippen molar-refractivity contribution in [1.29, 1.82) is 0 Å². The molecule has 0 saturated heterocycles. The van der Waals surface area contributed by atoms with E-state index in [1.54, 1.807) is 62.4 Å². The van der Waals surface area contributed by atoms with Gasteiger partial charge in [-0.3, -0.25) is 9.59 Å². The van der Waals surface area contributed by atoms with Crippen LogP contribution in [0.3, 0.4) is 0 Å². The Labute approximate surface area is 156 Å². The zero-order valence-electron chi connectivity index (χ0n) is 13.9. The predicted molar refractivity (Wildman–Crippen MR) is 99.1 cm³/mol. The van der Waals surface area contributed by atoms with Gasteiger partial charge < -0.3 is 10.4 Å². The molecule has 0 saturated carbocycles. The third-order valence-electron chi connectivity index (χ3n) is 4.22. The summed E-state index contributed by atoms with van der Waals surface area (Å²) < 4.78 is 0. The van der Waals surface area contributed by atoms with Crippen LogP contribution in [0.15, 0.2) is 48.5 Å². The highest BCUT2D eigenvalue weighted by Gasteiger charge is 2.37. The molecule has 0 aromatic heterocycles. The van der Waals surface area contributed by atoms with Crippen molar-refractivity contribution >= 4 is 35.1 Å². The number of carboxylic acids is 1. The lowest BCUT2D eigenvalue weighted by Crippen LogP contribution is -2.39. The van der Waals surface area contributed by atoms with Gasteiger partial charge in [-0.2, -0.15) is 0 Å². The highest BCUT2D eigenvalue weighted by atomic mass is 35.5. The number of rotatable bonds is 6. The van der Waals surface area contributed by atoms with Crippen LogP contribution in [-0.4, -0.2) is 17.0 Å². The fourth-order valence-electron chi connectivity index (χ4n) is 2.59. The van der Waals surface area contributed by atoms with Gasteiger partial charge in [-0.05, 0) is 37.1 Å². The molecule has 0 fully saturated rings. The van der Waals surface area contributed by atoms with Gasteiger partial charge in [-0.15, -0.1) is 0 Å². The highest BCUT2D eigenvalue weighted by Crippen LogP contribution is 2.29. The van der Waals surface area contributed by atoms with E-state index in [0.717, 1.165) is 5.56 Å². The molecular weight excluding hydrogens is 361 g/mol. The summed E-state index contributed by atoms with van der Waals surface area (Å²) in [5.74, 6) is -1.40. The number of halogens is 2. The fraction of sp³-hybridized carbons (Fsp3) is 0.263. The third-order valence-corrected chi connectivity index (χ3v) is 4.96. The summed E-state index contributed by atoms with van der Waals surface area (Å²) in [6, 6.07) is 13.5. The van der Waals surface area contributed by atoms with E-state index in [9.17, 15) is 14.7 Å². The number of hydrogen-bond donors (Lipinski definition) is 2. The minimum atomic E-state index is -1.30. The lowest BCUT2D eigenvalue weighted by molar-refractivity contribution is -0.145. The average Bonchev–Trinajstić information content (AvgIpc) is 2.57. The fourth-order valence-corrected chi connectivity index (χ4v) is 2.89. The maximum absolute atomic E-state index is 12.4. The summed E-state index contributed by atoms with van der Waals surface area (Å²) in [4.78, 5) is 24.2. The van der Waals surface area contributed by atoms with Crippen molar-refractivity contribution in [3.8, 4) is 0 Å². The van der Waals surface area contributed by atoms with E-state index in [1.165, 1.54) is 0 Å². The van der Waals surface area contributed by atoms with E-state index in [4.69, 9.17) is 23.2 Å². The lowest BCUT2D eigenvalue weighted by Gasteiger charge is -2.26. The monoisotopic (exact) mass is 379 g/mol. The van der Waals surface area contributed by atoms with E-state index >= 15 is 0 Å². The van der Waals surface area contributed by atoms with Gasteiger partial charge in [0.05, 0.1) is 21.5 Å². The molecule has 1 amide bonds. The van der Waals surface area contributed by atoms with Crippen LogP contribution in [0, 0.1) is 0 Å². The molecule has 2 unspecified atom stereocenters. The summed E-state index contributed by atoms with van der Waals surface area (Å²) in [6.45, 7) is 3.35. The second-order valence-electron chi connectivity index (χ2n) is 6.14. The Morgan fingerprint density at radius 1 is 1.12 bits per heavy atom. The number of nitrogens with one attached hydrogen (secondary N) is 1. The van der Waals surface area contributed by atoms with Crippen LogP contribution in [-0.2, 0) is 15.0 Å². The molecule has 2 N–H and O–H groups in total. The van der Waals surface area contributed by atoms with Crippen LogP contribution in [0.4, 0.5) is 0 Å². The molecule has 132 valence electrons. The largest absolute Gasteiger partial charge is 0.481 e. The molecule has 0 aliphatic carbocycles. The summed E-state index contributed by atoms with van der Waals surface area (Å²) >= 11 is 11.9. The molecular formula is C19H19Cl2NO3. The van der Waals surface area contributed by atoms with Crippen LogP contribution < -0.4 is 5.32 Å². The standard InChI is InChI=1S/C19H19Cl2NO3/c1-12(13-8-9-15(20)16(21)10-13)22-17(23)11-19(2,18(24)25)14-6-4-3-5-7-14/h3-10,12H,11H2,1-2H3,(H,22,23)(H,24,25). The summed E-state index contributed by atoms with van der Waals surface area (Å²) in [6.07, 6.45) is -0.169. The van der Waals surface area contributed by atoms with Crippen molar-refractivity contribution in [1.82, 2.24) is 5.32 Å². The number of benzene rings is 2. The number of carboxylic acid groups (broad SMARTS) is 1. The van der Waals surface area contributed by atoms with Crippen molar-refractivity contribution in [2.45, 2.75) is 31.7 Å². The first-order chi connectivity index (χ1) is 11.7. The molecule has 2 atom stereocenters. The second kappa shape index (κ2) is 7.89. The van der Waals surface area contributed by atoms with Gasteiger partial charge in [0.1, 0.15) is 0 Å². The van der Waals surface area contributed by atoms with Crippen LogP contribution in [0.1, 0.15) is 37.4 Å². The summed E-state index contributed by atoms with van der Waals surface area (Å²) in [5.41, 5.74) is 0.0715. The molecule has 0 spiro atoms. The van der Waals surface area contributed by atoms with E-state index in [2.05, 4.69) is 5.32 Å². The van der Waals surface area contributed by atoms with Crippen LogP contribution >= 0.6 is 23.2 Å². The Morgan fingerprint density at radius 3 is 2.32 bits per heavy atom. The van der Waals surface area contributed by atoms with Crippen molar-refractivity contribution < 1.29 is 14.7 Å². The topological polar surface area (TPSA) is 66.4 Å². The number of hydrogen-bond acceptors (Lipinski definition) is 2. The quantitative estimate of drug-likeness (QED) is 0.770. The minimum Gasteiger partial charge on any atom is -0.481 e. The Kier molecular flexibility index (Phi) is 6.09. The predicted octanol–water partition coefficient (Wildman–Crippen LogP) is 4.60. The first-order valence-electron chi connectivity index (χ1n) is 7.77. The van der Waals surface area contributed by atoms with Crippen LogP contribution in [0.25, 0.3) is 0 Å². The molecule has 2 aromatic carbocycles. The molecule has 0 aliphatic heterocycles. The van der Waals surface area contributed by atoms with Crippen molar-refractivity contribution in [2.24, 2.45) is 0 Å². The van der Waals surface area contributed by atoms with Gasteiger partial charge in [0.2, 0.25) is 5.91 Å². The van der Waals surface area contributed by atoms with E-state index < -0.39 is 11.4 Å². The first-order valence-corrected chi connectivity index (χ1v) is 8.53. The second-order valence-corrected chi connectivity index (χ2v) is 6.96. The van der Waals surface area contributed by atoms with E-state index in [-0.39, 0.29) is 18.4 Å². The lowest BCUT2D eigenvalue weighted by atomic mass is 9.79. The molecule has 0 heterocycles. The maximum atomic E-state index is 12.4. The van der Waals surface area contributed by atoms with Gasteiger partial charge in [0.15, 0.2) is 0 Å². The SMILES string of the molecule is CC(NC(=O)CC(C)(C(=O)O)c1ccccc1)c1ccc(Cl)c(Cl)c1. The van der Waals surface area contributed by atoms with Gasteiger partial charge in [-0.1, -0.05) is 59.6 Å². The molecule has 25 heavy (non-hydrogen) atoms. The summed E-state index contributed by atoms with van der Waals surface area (Å²) in [7, 11) is 0. The highest BCUT2D eigenvalue weighted by molar-refractivity contribution is 6.42. The average molecular weight is 380 g/mol. The van der Waals surface area contributed by atoms with Gasteiger partial charge in [-0.25, -0.2) is 0 Å². The van der Waals surface area contributed by atoms with E-state index in [1.807, 2.05) is 0 Å². The van der Waals surface area contributed by atoms with E-state index in [0.29, 0.717) is 15.6 Å². The molecule has 6 heteroatoms. The Hall–Kier alpha value is -2.04. The zero-order valence-corrected chi connectivity index (χ0v) is 15.4. The molecule has 0 aliphatic rings. The number of carbonyl (C=O) groups is 2. The first kappa shape index (κ1) is 19.3. The smallest absolute Gasteiger partial charge is 0.314 e. The van der Waals surface area contributed by atoms with Crippen molar-refractivity contribution in [3.05, 3.63) is 69.7 Å². The number of amides is 1. The normalized spacial score (nSPS) is 14.4. The van der Waals surface area contributed by atoms with Gasteiger partial charge >= 0.3 is 5.97 Å². The van der Waals surface area contributed by atoms with Gasteiger partial charge in [0.25, 0.3) is 0 Å². The molecule has 0 radical (unpaired) electrons. The zero-order chi connectivity index (χ0) is 18.6. The molecule has 2 aromatic rings. The molecule has 2 rings (SSSR count). The van der Waals surface area contributed by atoms with Crippen molar-refractivity contribution in [3.63, 3.8) is 0 Å². The van der Waals surface area contributed by atoms with Gasteiger partial charge in [0, 0.05) is 6.42 Å². The number of aliphatic carboxylic acids is 1. The third kappa shape index (κ3) is 4.53. The Balaban J connectivity index is 2.14. The minimum absolute atomic E-state index is 0.169. The summed E-state index contributed by atoms with van der Waals surface area (Å²) in [5, 5.41) is 13.3. The van der Waals surface area contributed by atoms with Crippen molar-refractivity contribution in [2.75, 3.05) is 0 Å².